The fourth-order valence-electron chi connectivity index (χ4n) is 5.26. The van der Waals surface area contributed by atoms with Gasteiger partial charge in [-0.15, -0.1) is 0 Å². The number of amides is 1. The van der Waals surface area contributed by atoms with Crippen molar-refractivity contribution in [2.75, 3.05) is 6.61 Å². The van der Waals surface area contributed by atoms with E-state index < -0.39 is 41.9 Å². The van der Waals surface area contributed by atoms with Crippen molar-refractivity contribution < 1.29 is 29.0 Å². The number of aryl methyl sites for hydroxylation is 1. The number of nitrogens with one attached hydrogen (secondary N) is 2. The van der Waals surface area contributed by atoms with E-state index >= 15 is 0 Å². The SMILES string of the molecule is CCOC(=O)[C@H](CCc1ccccc1)N[C@@H]1CC(C[C@H](NC(C)=O)C(=O)O)=CC(C2=CC=NSc3ccccc32)C1=O. The highest BCUT2D eigenvalue weighted by atomic mass is 32.2. The second-order valence-electron chi connectivity index (χ2n) is 10.2. The lowest BCUT2D eigenvalue weighted by Gasteiger charge is -2.33. The molecule has 0 radical (unpaired) electrons. The maximum atomic E-state index is 14.1. The minimum Gasteiger partial charge on any atom is -0.480 e. The number of carboxylic acid groups (broad SMARTS) is 1. The normalized spacial score (nSPS) is 19.4. The first-order chi connectivity index (χ1) is 20.3. The molecule has 1 heterocycles. The van der Waals surface area contributed by atoms with Crippen molar-refractivity contribution in [3.05, 3.63) is 83.4 Å². The molecule has 0 bridgehead atoms. The van der Waals surface area contributed by atoms with E-state index in [9.17, 15) is 24.3 Å². The summed E-state index contributed by atoms with van der Waals surface area (Å²) < 4.78 is 9.71. The van der Waals surface area contributed by atoms with Gasteiger partial charge >= 0.3 is 11.9 Å². The molecule has 4 atom stereocenters. The first kappa shape index (κ1) is 30.9. The van der Waals surface area contributed by atoms with Gasteiger partial charge in [0.2, 0.25) is 5.91 Å². The van der Waals surface area contributed by atoms with Gasteiger partial charge in [0.1, 0.15) is 12.1 Å². The number of hydrogen-bond donors (Lipinski definition) is 3. The first-order valence-corrected chi connectivity index (χ1v) is 14.7. The summed E-state index contributed by atoms with van der Waals surface area (Å²) in [5, 5.41) is 15.6. The molecule has 1 unspecified atom stereocenters. The molecular formula is C32H35N3O6S. The molecule has 0 fully saturated rings. The second kappa shape index (κ2) is 14.7. The standard InChI is InChI=1S/C32H35N3O6S/c1-3-41-32(40)26(14-13-21-9-5-4-6-10-21)35-27-18-22(19-28(31(38)39)34-20(2)36)17-25(30(27)37)23-15-16-33-42-29-12-8-7-11-24(23)29/h4-12,15-17,25-28,35H,3,13-14,18-19H2,1-2H3,(H,34,36)(H,38,39)/t25?,26-,27+,28-/m0/s1. The average Bonchev–Trinajstić information content (AvgIpc) is 3.19. The topological polar surface area (TPSA) is 134 Å². The zero-order valence-electron chi connectivity index (χ0n) is 23.6. The molecule has 2 aromatic carbocycles. The predicted octanol–water partition coefficient (Wildman–Crippen LogP) is 4.18. The minimum absolute atomic E-state index is 0.0166. The Hall–Kier alpha value is -4.02. The maximum Gasteiger partial charge on any atom is 0.326 e. The number of ether oxygens (including phenoxy) is 1. The highest BCUT2D eigenvalue weighted by Gasteiger charge is 2.38. The van der Waals surface area contributed by atoms with Crippen molar-refractivity contribution >= 4 is 47.4 Å². The number of carbonyl (C=O) groups excluding carboxylic acids is 3. The van der Waals surface area contributed by atoms with Gasteiger partial charge in [-0.3, -0.25) is 19.7 Å². The molecule has 220 valence electrons. The molecule has 4 rings (SSSR count). The zero-order valence-corrected chi connectivity index (χ0v) is 24.4. The van der Waals surface area contributed by atoms with Crippen LogP contribution in [0, 0.1) is 5.92 Å². The van der Waals surface area contributed by atoms with Crippen molar-refractivity contribution in [1.29, 1.82) is 0 Å². The summed E-state index contributed by atoms with van der Waals surface area (Å²) in [5.41, 5.74) is 3.34. The molecule has 9 nitrogen and oxygen atoms in total. The molecule has 3 N–H and O–H groups in total. The maximum absolute atomic E-state index is 14.1. The van der Waals surface area contributed by atoms with Gasteiger partial charge in [-0.1, -0.05) is 60.2 Å². The Kier molecular flexibility index (Phi) is 10.9. The van der Waals surface area contributed by atoms with Gasteiger partial charge in [0.15, 0.2) is 5.78 Å². The fraction of sp³-hybridized carbons (Fsp3) is 0.344. The number of nitrogens with zero attached hydrogens (tertiary/aromatic N) is 1. The molecule has 1 amide bonds. The second-order valence-corrected chi connectivity index (χ2v) is 11.0. The summed E-state index contributed by atoms with van der Waals surface area (Å²) in [6.45, 7) is 3.20. The van der Waals surface area contributed by atoms with Gasteiger partial charge in [0.05, 0.1) is 18.6 Å². The Morgan fingerprint density at radius 2 is 1.83 bits per heavy atom. The van der Waals surface area contributed by atoms with Crippen molar-refractivity contribution in [2.45, 2.75) is 62.6 Å². The van der Waals surface area contributed by atoms with E-state index in [1.807, 2.05) is 54.6 Å². The molecular weight excluding hydrogens is 554 g/mol. The molecule has 0 saturated carbocycles. The molecule has 10 heteroatoms. The van der Waals surface area contributed by atoms with Gasteiger partial charge in [-0.05, 0) is 61.4 Å². The smallest absolute Gasteiger partial charge is 0.326 e. The number of rotatable bonds is 12. The number of allylic oxidation sites excluding steroid dienone is 3. The number of carboxylic acids is 1. The van der Waals surface area contributed by atoms with Crippen LogP contribution in [0.5, 0.6) is 0 Å². The largest absolute Gasteiger partial charge is 0.480 e. The van der Waals surface area contributed by atoms with Crippen LogP contribution in [0.3, 0.4) is 0 Å². The Morgan fingerprint density at radius 3 is 2.55 bits per heavy atom. The fourth-order valence-corrected chi connectivity index (χ4v) is 5.92. The summed E-state index contributed by atoms with van der Waals surface area (Å²) in [7, 11) is 0. The predicted molar refractivity (Wildman–Crippen MR) is 162 cm³/mol. The van der Waals surface area contributed by atoms with Crippen LogP contribution >= 0.6 is 11.9 Å². The van der Waals surface area contributed by atoms with Gasteiger partial charge in [0, 0.05) is 30.0 Å². The number of Topliss-reactive ketones (excluding diaryl/α,β-unsaturated/α-hetero) is 1. The molecule has 1 aliphatic heterocycles. The molecule has 1 aliphatic carbocycles. The van der Waals surface area contributed by atoms with Crippen LogP contribution in [-0.4, -0.2) is 59.7 Å². The van der Waals surface area contributed by atoms with Crippen LogP contribution in [0.25, 0.3) is 5.57 Å². The highest BCUT2D eigenvalue weighted by molar-refractivity contribution is 7.98. The third-order valence-electron chi connectivity index (χ3n) is 7.20. The molecule has 42 heavy (non-hydrogen) atoms. The average molecular weight is 590 g/mol. The van der Waals surface area contributed by atoms with E-state index in [2.05, 4.69) is 15.0 Å². The number of fused-ring (bicyclic) bond motifs is 1. The molecule has 0 spiro atoms. The van der Waals surface area contributed by atoms with E-state index in [1.54, 1.807) is 25.3 Å². The van der Waals surface area contributed by atoms with Gasteiger partial charge in [-0.2, -0.15) is 0 Å². The Labute approximate surface area is 249 Å². The van der Waals surface area contributed by atoms with Crippen molar-refractivity contribution in [2.24, 2.45) is 10.3 Å². The summed E-state index contributed by atoms with van der Waals surface area (Å²) in [4.78, 5) is 51.8. The van der Waals surface area contributed by atoms with Crippen LogP contribution in [0.15, 0.2) is 81.6 Å². The van der Waals surface area contributed by atoms with Gasteiger partial charge in [-0.25, -0.2) is 9.19 Å². The Balaban J connectivity index is 1.68. The minimum atomic E-state index is -1.17. The number of ketones is 1. The molecule has 2 aliphatic rings. The Morgan fingerprint density at radius 1 is 1.10 bits per heavy atom. The van der Waals surface area contributed by atoms with Crippen molar-refractivity contribution in [3.63, 3.8) is 0 Å². The van der Waals surface area contributed by atoms with Crippen molar-refractivity contribution in [3.8, 4) is 0 Å². The van der Waals surface area contributed by atoms with Crippen molar-refractivity contribution in [1.82, 2.24) is 10.6 Å². The van der Waals surface area contributed by atoms with Crippen LogP contribution in [0.4, 0.5) is 0 Å². The van der Waals surface area contributed by atoms with E-state index in [0.717, 1.165) is 21.6 Å². The van der Waals surface area contributed by atoms with Crippen LogP contribution in [0.2, 0.25) is 0 Å². The van der Waals surface area contributed by atoms with Gasteiger partial charge in [0.25, 0.3) is 0 Å². The van der Waals surface area contributed by atoms with Crippen LogP contribution in [0.1, 0.15) is 44.2 Å². The summed E-state index contributed by atoms with van der Waals surface area (Å²) in [6.07, 6.45) is 6.47. The van der Waals surface area contributed by atoms with E-state index in [4.69, 9.17) is 4.74 Å². The monoisotopic (exact) mass is 589 g/mol. The van der Waals surface area contributed by atoms with Gasteiger partial charge < -0.3 is 15.2 Å². The quantitative estimate of drug-likeness (QED) is 0.191. The summed E-state index contributed by atoms with van der Waals surface area (Å²) in [6, 6.07) is 14.7. The highest BCUT2D eigenvalue weighted by Crippen LogP contribution is 2.39. The lowest BCUT2D eigenvalue weighted by atomic mass is 9.77. The van der Waals surface area contributed by atoms with Crippen LogP contribution < -0.4 is 10.6 Å². The Bertz CT molecular complexity index is 1400. The number of benzene rings is 2. The third-order valence-corrected chi connectivity index (χ3v) is 7.98. The molecule has 0 saturated heterocycles. The number of hydrogen-bond acceptors (Lipinski definition) is 8. The van der Waals surface area contributed by atoms with E-state index in [-0.39, 0.29) is 25.2 Å². The summed E-state index contributed by atoms with van der Waals surface area (Å²) >= 11 is 1.31. The molecule has 0 aromatic heterocycles. The number of aliphatic carboxylic acids is 1. The summed E-state index contributed by atoms with van der Waals surface area (Å²) in [5.74, 6) is -2.93. The lowest BCUT2D eigenvalue weighted by molar-refractivity contribution is -0.146. The van der Waals surface area contributed by atoms with Crippen LogP contribution in [-0.2, 0) is 30.3 Å². The zero-order chi connectivity index (χ0) is 30.1. The number of carbonyl (C=O) groups is 4. The van der Waals surface area contributed by atoms with E-state index in [1.165, 1.54) is 18.9 Å². The third kappa shape index (κ3) is 8.04. The molecule has 2 aromatic rings. The number of esters is 1. The first-order valence-electron chi connectivity index (χ1n) is 14.0. The van der Waals surface area contributed by atoms with E-state index in [0.29, 0.717) is 18.4 Å². The lowest BCUT2D eigenvalue weighted by Crippen LogP contribution is -2.51.